The lowest BCUT2D eigenvalue weighted by Crippen LogP contribution is -2.23. The summed E-state index contributed by atoms with van der Waals surface area (Å²) in [6.45, 7) is 0.447. The van der Waals surface area contributed by atoms with Crippen LogP contribution in [0.15, 0.2) is 46.9 Å². The first kappa shape index (κ1) is 14.4. The summed E-state index contributed by atoms with van der Waals surface area (Å²) in [6.07, 6.45) is 0. The lowest BCUT2D eigenvalue weighted by Gasteiger charge is -2.10. The fourth-order valence-electron chi connectivity index (χ4n) is 1.80. The Morgan fingerprint density at radius 1 is 1.25 bits per heavy atom. The summed E-state index contributed by atoms with van der Waals surface area (Å²) in [7, 11) is 1.52. The summed E-state index contributed by atoms with van der Waals surface area (Å²) in [4.78, 5) is 12.1. The maximum absolute atomic E-state index is 12.1. The van der Waals surface area contributed by atoms with E-state index in [4.69, 9.17) is 10.5 Å². The lowest BCUT2D eigenvalue weighted by molar-refractivity contribution is 0.0951. The molecule has 0 saturated carbocycles. The zero-order valence-electron chi connectivity index (χ0n) is 11.0. The standard InChI is InChI=1S/C15H15BrN2O2/c1-20-13-4-2-3-12(14(13)17)15(19)18-9-10-5-7-11(16)8-6-10/h2-8H,9,17H2,1H3,(H,18,19). The van der Waals surface area contributed by atoms with Gasteiger partial charge >= 0.3 is 0 Å². The van der Waals surface area contributed by atoms with Crippen LogP contribution in [0.1, 0.15) is 15.9 Å². The molecule has 0 unspecified atom stereocenters. The van der Waals surface area contributed by atoms with Gasteiger partial charge in [-0.3, -0.25) is 4.79 Å². The zero-order valence-corrected chi connectivity index (χ0v) is 12.6. The Kier molecular flexibility index (Phi) is 4.63. The molecule has 20 heavy (non-hydrogen) atoms. The summed E-state index contributed by atoms with van der Waals surface area (Å²) in [6, 6.07) is 12.9. The molecule has 0 atom stereocenters. The number of hydrogen-bond acceptors (Lipinski definition) is 3. The maximum atomic E-state index is 12.1. The molecule has 2 aromatic rings. The fourth-order valence-corrected chi connectivity index (χ4v) is 2.06. The number of benzene rings is 2. The normalized spacial score (nSPS) is 10.1. The minimum atomic E-state index is -0.218. The second-order valence-electron chi connectivity index (χ2n) is 4.23. The molecule has 0 spiro atoms. The molecule has 0 bridgehead atoms. The van der Waals surface area contributed by atoms with Gasteiger partial charge in [0.2, 0.25) is 0 Å². The second kappa shape index (κ2) is 6.43. The van der Waals surface area contributed by atoms with E-state index in [1.54, 1.807) is 18.2 Å². The minimum Gasteiger partial charge on any atom is -0.495 e. The van der Waals surface area contributed by atoms with Crippen molar-refractivity contribution in [2.75, 3.05) is 12.8 Å². The molecular weight excluding hydrogens is 320 g/mol. The summed E-state index contributed by atoms with van der Waals surface area (Å²) < 4.78 is 6.11. The minimum absolute atomic E-state index is 0.218. The monoisotopic (exact) mass is 334 g/mol. The van der Waals surface area contributed by atoms with Gasteiger partial charge in [0.1, 0.15) is 5.75 Å². The van der Waals surface area contributed by atoms with Crippen molar-refractivity contribution in [3.8, 4) is 5.75 Å². The second-order valence-corrected chi connectivity index (χ2v) is 5.15. The molecule has 0 saturated heterocycles. The van der Waals surface area contributed by atoms with E-state index in [2.05, 4.69) is 21.2 Å². The molecule has 4 nitrogen and oxygen atoms in total. The SMILES string of the molecule is COc1cccc(C(=O)NCc2ccc(Br)cc2)c1N. The molecule has 1 amide bonds. The van der Waals surface area contributed by atoms with Crippen LogP contribution in [0.5, 0.6) is 5.75 Å². The van der Waals surface area contributed by atoms with Crippen molar-refractivity contribution in [2.45, 2.75) is 6.54 Å². The van der Waals surface area contributed by atoms with E-state index in [1.165, 1.54) is 7.11 Å². The highest BCUT2D eigenvalue weighted by Gasteiger charge is 2.12. The highest BCUT2D eigenvalue weighted by molar-refractivity contribution is 9.10. The van der Waals surface area contributed by atoms with Gasteiger partial charge in [-0.1, -0.05) is 34.1 Å². The molecule has 0 radical (unpaired) electrons. The van der Waals surface area contributed by atoms with Crippen molar-refractivity contribution in [1.29, 1.82) is 0 Å². The maximum Gasteiger partial charge on any atom is 0.253 e. The number of hydrogen-bond donors (Lipinski definition) is 2. The van der Waals surface area contributed by atoms with Crippen LogP contribution in [-0.2, 0) is 6.54 Å². The van der Waals surface area contributed by atoms with Gasteiger partial charge in [-0.05, 0) is 29.8 Å². The van der Waals surface area contributed by atoms with E-state index in [9.17, 15) is 4.79 Å². The Balaban J connectivity index is 2.07. The number of para-hydroxylation sites is 1. The van der Waals surface area contributed by atoms with E-state index < -0.39 is 0 Å². The topological polar surface area (TPSA) is 64.3 Å². The predicted molar refractivity (Wildman–Crippen MR) is 82.7 cm³/mol. The quantitative estimate of drug-likeness (QED) is 0.845. The van der Waals surface area contributed by atoms with Crippen LogP contribution < -0.4 is 15.8 Å². The van der Waals surface area contributed by atoms with Crippen molar-refractivity contribution < 1.29 is 9.53 Å². The first-order valence-electron chi connectivity index (χ1n) is 6.07. The molecule has 104 valence electrons. The number of anilines is 1. The third kappa shape index (κ3) is 3.30. The molecule has 0 aliphatic carbocycles. The van der Waals surface area contributed by atoms with Gasteiger partial charge in [0.15, 0.2) is 0 Å². The zero-order chi connectivity index (χ0) is 14.5. The molecule has 0 aromatic heterocycles. The Morgan fingerprint density at radius 2 is 1.95 bits per heavy atom. The van der Waals surface area contributed by atoms with Gasteiger partial charge in [-0.15, -0.1) is 0 Å². The molecule has 0 fully saturated rings. The van der Waals surface area contributed by atoms with Crippen LogP contribution in [0.25, 0.3) is 0 Å². The number of methoxy groups -OCH3 is 1. The number of carbonyl (C=O) groups excluding carboxylic acids is 1. The first-order valence-corrected chi connectivity index (χ1v) is 6.86. The van der Waals surface area contributed by atoms with Gasteiger partial charge in [-0.25, -0.2) is 0 Å². The number of nitrogens with two attached hydrogens (primary N) is 1. The van der Waals surface area contributed by atoms with Crippen LogP contribution in [0.4, 0.5) is 5.69 Å². The fraction of sp³-hybridized carbons (Fsp3) is 0.133. The Morgan fingerprint density at radius 3 is 2.60 bits per heavy atom. The number of nitrogens with one attached hydrogen (secondary N) is 1. The number of nitrogen functional groups attached to an aromatic ring is 1. The van der Waals surface area contributed by atoms with Crippen molar-refractivity contribution in [3.05, 3.63) is 58.1 Å². The van der Waals surface area contributed by atoms with Gasteiger partial charge in [0, 0.05) is 11.0 Å². The molecule has 2 aromatic carbocycles. The van der Waals surface area contributed by atoms with Crippen molar-refractivity contribution >= 4 is 27.5 Å². The number of rotatable bonds is 4. The van der Waals surface area contributed by atoms with E-state index >= 15 is 0 Å². The highest BCUT2D eigenvalue weighted by Crippen LogP contribution is 2.24. The summed E-state index contributed by atoms with van der Waals surface area (Å²) in [5, 5.41) is 2.84. The first-order chi connectivity index (χ1) is 9.61. The lowest BCUT2D eigenvalue weighted by atomic mass is 10.1. The Labute approximate surface area is 126 Å². The molecule has 2 rings (SSSR count). The van der Waals surface area contributed by atoms with Crippen molar-refractivity contribution in [3.63, 3.8) is 0 Å². The van der Waals surface area contributed by atoms with Gasteiger partial charge in [-0.2, -0.15) is 0 Å². The van der Waals surface area contributed by atoms with Crippen LogP contribution in [0.2, 0.25) is 0 Å². The molecule has 0 aliphatic rings. The Bertz CT molecular complexity index is 612. The highest BCUT2D eigenvalue weighted by atomic mass is 79.9. The van der Waals surface area contributed by atoms with E-state index in [0.29, 0.717) is 23.5 Å². The van der Waals surface area contributed by atoms with Gasteiger partial charge in [0.05, 0.1) is 18.4 Å². The van der Waals surface area contributed by atoms with Crippen LogP contribution in [0, 0.1) is 0 Å². The van der Waals surface area contributed by atoms with Crippen LogP contribution in [-0.4, -0.2) is 13.0 Å². The largest absolute Gasteiger partial charge is 0.495 e. The predicted octanol–water partition coefficient (Wildman–Crippen LogP) is 2.97. The number of amides is 1. The molecule has 0 aliphatic heterocycles. The number of carbonyl (C=O) groups is 1. The third-order valence-corrected chi connectivity index (χ3v) is 3.43. The number of ether oxygens (including phenoxy) is 1. The molecular formula is C15H15BrN2O2. The van der Waals surface area contributed by atoms with Gasteiger partial charge in [0.25, 0.3) is 5.91 Å². The molecule has 3 N–H and O–H groups in total. The van der Waals surface area contributed by atoms with E-state index in [-0.39, 0.29) is 5.91 Å². The van der Waals surface area contributed by atoms with Gasteiger partial charge < -0.3 is 15.8 Å². The van der Waals surface area contributed by atoms with Crippen LogP contribution >= 0.6 is 15.9 Å². The van der Waals surface area contributed by atoms with Crippen LogP contribution in [0.3, 0.4) is 0 Å². The van der Waals surface area contributed by atoms with Crippen molar-refractivity contribution in [1.82, 2.24) is 5.32 Å². The Hall–Kier alpha value is -2.01. The third-order valence-electron chi connectivity index (χ3n) is 2.90. The summed E-state index contributed by atoms with van der Waals surface area (Å²) in [5.74, 6) is 0.283. The number of halogens is 1. The summed E-state index contributed by atoms with van der Waals surface area (Å²) >= 11 is 3.37. The smallest absolute Gasteiger partial charge is 0.253 e. The van der Waals surface area contributed by atoms with E-state index in [0.717, 1.165) is 10.0 Å². The van der Waals surface area contributed by atoms with Crippen molar-refractivity contribution in [2.24, 2.45) is 0 Å². The average molecular weight is 335 g/mol. The molecule has 5 heteroatoms. The average Bonchev–Trinajstić information content (AvgIpc) is 2.46. The summed E-state index contributed by atoms with van der Waals surface area (Å²) in [5.41, 5.74) is 7.68. The van der Waals surface area contributed by atoms with E-state index in [1.807, 2.05) is 24.3 Å². The molecule has 0 heterocycles.